The number of nitriles is 1. The number of likely N-dealkylation sites (tertiary alicyclic amines) is 1. The number of benzene rings is 1. The Hall–Kier alpha value is -3.37. The summed E-state index contributed by atoms with van der Waals surface area (Å²) >= 11 is 6.36. The first-order valence-electron chi connectivity index (χ1n) is 9.55. The molecule has 2 N–H and O–H groups in total. The third-order valence-electron chi connectivity index (χ3n) is 4.80. The van der Waals surface area contributed by atoms with E-state index in [2.05, 4.69) is 10.3 Å². The van der Waals surface area contributed by atoms with E-state index in [1.54, 1.807) is 17.0 Å². The number of nitrogens with zero attached hydrogens (tertiary/aromatic N) is 3. The highest BCUT2D eigenvalue weighted by Gasteiger charge is 2.32. The molecule has 1 aromatic carbocycles. The monoisotopic (exact) mass is 423 g/mol. The van der Waals surface area contributed by atoms with Gasteiger partial charge >= 0.3 is 0 Å². The number of hydrogen-bond acceptors (Lipinski definition) is 6. The van der Waals surface area contributed by atoms with Crippen LogP contribution in [0.1, 0.15) is 24.5 Å². The van der Waals surface area contributed by atoms with E-state index in [0.29, 0.717) is 41.7 Å². The van der Waals surface area contributed by atoms with Crippen LogP contribution in [0, 0.1) is 16.7 Å². The minimum Gasteiger partial charge on any atom is -0.475 e. The Morgan fingerprint density at radius 1 is 1.37 bits per heavy atom. The van der Waals surface area contributed by atoms with Crippen LogP contribution >= 0.6 is 11.6 Å². The van der Waals surface area contributed by atoms with Crippen molar-refractivity contribution in [3.63, 3.8) is 0 Å². The van der Waals surface area contributed by atoms with Crippen LogP contribution in [-0.4, -0.2) is 40.7 Å². The largest absolute Gasteiger partial charge is 0.475 e. The van der Waals surface area contributed by atoms with Gasteiger partial charge in [0.2, 0.25) is 5.88 Å². The fraction of sp³-hybridized carbons (Fsp3) is 0.273. The van der Waals surface area contributed by atoms with Crippen molar-refractivity contribution in [3.05, 3.63) is 70.5 Å². The fourth-order valence-electron chi connectivity index (χ4n) is 3.08. The molecule has 3 rings (SSSR count). The number of hydrogen-bond donors (Lipinski definition) is 2. The molecule has 1 aliphatic rings. The number of aromatic nitrogens is 1. The van der Waals surface area contributed by atoms with E-state index in [1.807, 2.05) is 43.3 Å². The molecular weight excluding hydrogens is 402 g/mol. The van der Waals surface area contributed by atoms with Crippen LogP contribution in [0.4, 0.5) is 0 Å². The first kappa shape index (κ1) is 21.3. The van der Waals surface area contributed by atoms with Gasteiger partial charge in [-0.1, -0.05) is 41.9 Å². The lowest BCUT2D eigenvalue weighted by molar-refractivity contribution is -0.127. The predicted molar refractivity (Wildman–Crippen MR) is 114 cm³/mol. The molecule has 1 unspecified atom stereocenters. The van der Waals surface area contributed by atoms with Crippen molar-refractivity contribution in [1.82, 2.24) is 15.2 Å². The first-order valence-corrected chi connectivity index (χ1v) is 9.92. The van der Waals surface area contributed by atoms with Gasteiger partial charge in [-0.05, 0) is 25.0 Å². The lowest BCUT2D eigenvalue weighted by Gasteiger charge is -2.33. The van der Waals surface area contributed by atoms with Crippen molar-refractivity contribution in [3.8, 4) is 11.9 Å². The van der Waals surface area contributed by atoms with Gasteiger partial charge in [0.15, 0.2) is 0 Å². The van der Waals surface area contributed by atoms with E-state index in [-0.39, 0.29) is 24.3 Å². The quantitative estimate of drug-likeness (QED) is 0.665. The van der Waals surface area contributed by atoms with Crippen LogP contribution in [0.2, 0.25) is 0 Å². The minimum absolute atomic E-state index is 0.102. The Kier molecular flexibility index (Phi) is 7.04. The average Bonchev–Trinajstić information content (AvgIpc) is 2.78. The Bertz CT molecular complexity index is 983. The SMILES string of the molecule is CC(COc1ccc(C#N)cn1)N1CC/C(=C(\Cl)NCc2ccccc2)C(=N)C1=O. The Labute approximate surface area is 180 Å². The molecular formula is C22H22ClN5O2. The normalized spacial score (nSPS) is 16.6. The van der Waals surface area contributed by atoms with Crippen molar-refractivity contribution >= 4 is 23.2 Å². The lowest BCUT2D eigenvalue weighted by Crippen LogP contribution is -2.49. The van der Waals surface area contributed by atoms with Gasteiger partial charge in [0.1, 0.15) is 23.5 Å². The van der Waals surface area contributed by atoms with Crippen molar-refractivity contribution in [2.75, 3.05) is 13.2 Å². The van der Waals surface area contributed by atoms with Crippen LogP contribution in [0.5, 0.6) is 5.88 Å². The van der Waals surface area contributed by atoms with Crippen molar-refractivity contribution in [2.45, 2.75) is 25.9 Å². The van der Waals surface area contributed by atoms with Crippen LogP contribution in [0.25, 0.3) is 0 Å². The third kappa shape index (κ3) is 5.16. The number of amides is 1. The molecule has 1 atom stereocenters. The van der Waals surface area contributed by atoms with Gasteiger partial charge in [0.05, 0.1) is 11.6 Å². The molecule has 1 fully saturated rings. The highest BCUT2D eigenvalue weighted by Crippen LogP contribution is 2.22. The molecule has 0 bridgehead atoms. The molecule has 7 nitrogen and oxygen atoms in total. The second-order valence-electron chi connectivity index (χ2n) is 6.91. The summed E-state index contributed by atoms with van der Waals surface area (Å²) < 4.78 is 5.63. The summed E-state index contributed by atoms with van der Waals surface area (Å²) in [6.07, 6.45) is 1.92. The first-order chi connectivity index (χ1) is 14.5. The van der Waals surface area contributed by atoms with Crippen LogP contribution < -0.4 is 10.1 Å². The molecule has 30 heavy (non-hydrogen) atoms. The van der Waals surface area contributed by atoms with Crippen LogP contribution in [0.15, 0.2) is 59.4 Å². The topological polar surface area (TPSA) is 102 Å². The zero-order chi connectivity index (χ0) is 21.5. The summed E-state index contributed by atoms with van der Waals surface area (Å²) in [5, 5.41) is 20.5. The fourth-order valence-corrected chi connectivity index (χ4v) is 3.34. The molecule has 2 heterocycles. The summed E-state index contributed by atoms with van der Waals surface area (Å²) in [4.78, 5) is 18.4. The molecule has 154 valence electrons. The molecule has 1 aromatic heterocycles. The highest BCUT2D eigenvalue weighted by atomic mass is 35.5. The van der Waals surface area contributed by atoms with Gasteiger partial charge in [-0.3, -0.25) is 10.2 Å². The summed E-state index contributed by atoms with van der Waals surface area (Å²) in [5.41, 5.74) is 1.94. The number of piperidine rings is 1. The minimum atomic E-state index is -0.375. The molecule has 2 aromatic rings. The van der Waals surface area contributed by atoms with Crippen molar-refractivity contribution < 1.29 is 9.53 Å². The van der Waals surface area contributed by atoms with Crippen LogP contribution in [0.3, 0.4) is 0 Å². The molecule has 1 aliphatic heterocycles. The number of rotatable bonds is 7. The van der Waals surface area contributed by atoms with E-state index >= 15 is 0 Å². The molecule has 0 spiro atoms. The zero-order valence-electron chi connectivity index (χ0n) is 16.6. The summed E-state index contributed by atoms with van der Waals surface area (Å²) in [6, 6.07) is 14.8. The predicted octanol–water partition coefficient (Wildman–Crippen LogP) is 3.21. The standard InChI is InChI=1S/C22H22ClN5O2/c1-15(14-30-19-8-7-17(11-24)13-26-19)28-10-9-18(20(25)22(28)29)21(23)27-12-16-5-3-2-4-6-16/h2-8,13,15,25,27H,9-10,12,14H2,1H3/b21-18-,25-20?. The van der Waals surface area contributed by atoms with Gasteiger partial charge in [-0.15, -0.1) is 0 Å². The number of nitrogens with one attached hydrogen (secondary N) is 2. The number of ether oxygens (including phenoxy) is 1. The molecule has 8 heteroatoms. The smallest absolute Gasteiger partial charge is 0.272 e. The molecule has 0 aliphatic carbocycles. The summed E-state index contributed by atoms with van der Waals surface area (Å²) in [5.74, 6) is 0.00826. The van der Waals surface area contributed by atoms with E-state index in [1.165, 1.54) is 6.20 Å². The number of carbonyl (C=O) groups excluding carboxylic acids is 1. The second kappa shape index (κ2) is 9.90. The maximum Gasteiger partial charge on any atom is 0.272 e. The molecule has 0 saturated carbocycles. The molecule has 1 amide bonds. The third-order valence-corrected chi connectivity index (χ3v) is 5.17. The molecule has 0 radical (unpaired) electrons. The number of halogens is 1. The van der Waals surface area contributed by atoms with Crippen molar-refractivity contribution in [2.24, 2.45) is 0 Å². The lowest BCUT2D eigenvalue weighted by atomic mass is 10.0. The zero-order valence-corrected chi connectivity index (χ0v) is 17.3. The molecule has 1 saturated heterocycles. The second-order valence-corrected chi connectivity index (χ2v) is 7.29. The number of carbonyl (C=O) groups is 1. The van der Waals surface area contributed by atoms with Crippen molar-refractivity contribution in [1.29, 1.82) is 10.7 Å². The summed E-state index contributed by atoms with van der Waals surface area (Å²) in [6.45, 7) is 3.07. The Balaban J connectivity index is 1.57. The number of pyridine rings is 1. The summed E-state index contributed by atoms with van der Waals surface area (Å²) in [7, 11) is 0. The van der Waals surface area contributed by atoms with Gasteiger partial charge in [-0.2, -0.15) is 5.26 Å². The van der Waals surface area contributed by atoms with Gasteiger partial charge in [0.25, 0.3) is 5.91 Å². The van der Waals surface area contributed by atoms with Gasteiger partial charge < -0.3 is 15.0 Å². The Morgan fingerprint density at radius 3 is 2.80 bits per heavy atom. The van der Waals surface area contributed by atoms with E-state index in [0.717, 1.165) is 5.56 Å². The van der Waals surface area contributed by atoms with Gasteiger partial charge in [0, 0.05) is 30.9 Å². The maximum absolute atomic E-state index is 12.7. The van der Waals surface area contributed by atoms with Gasteiger partial charge in [-0.25, -0.2) is 4.98 Å². The van der Waals surface area contributed by atoms with E-state index < -0.39 is 0 Å². The van der Waals surface area contributed by atoms with E-state index in [9.17, 15) is 4.79 Å². The van der Waals surface area contributed by atoms with Crippen LogP contribution in [-0.2, 0) is 11.3 Å². The van der Waals surface area contributed by atoms with E-state index in [4.69, 9.17) is 27.0 Å². The maximum atomic E-state index is 12.7. The average molecular weight is 424 g/mol. The highest BCUT2D eigenvalue weighted by molar-refractivity contribution is 6.47. The Morgan fingerprint density at radius 2 is 2.13 bits per heavy atom.